The lowest BCUT2D eigenvalue weighted by molar-refractivity contribution is -0.0318. The smallest absolute Gasteiger partial charge is 0.318 e. The number of halogens is 1. The van der Waals surface area contributed by atoms with Crippen LogP contribution in [0.2, 0.25) is 0 Å². The predicted octanol–water partition coefficient (Wildman–Crippen LogP) is 2.83. The Hall–Kier alpha value is -0.590. The number of morpholine rings is 1. The second-order valence-corrected chi connectivity index (χ2v) is 6.35. The third-order valence-electron chi connectivity index (χ3n) is 2.96. The van der Waals surface area contributed by atoms with E-state index in [1.807, 2.05) is 30.2 Å². The molecule has 0 unspecified atom stereocenters. The molecule has 1 aliphatic rings. The van der Waals surface area contributed by atoms with E-state index in [1.165, 1.54) is 0 Å². The number of thiophene rings is 1. The number of carbonyl (C=O) groups is 1. The number of hydrogen-bond donors (Lipinski definition) is 1. The Balaban J connectivity index is 1.89. The number of hydrogen-bond acceptors (Lipinski definition) is 3. The highest BCUT2D eigenvalue weighted by molar-refractivity contribution is 9.10. The van der Waals surface area contributed by atoms with Crippen LogP contribution in [0.4, 0.5) is 4.79 Å². The summed E-state index contributed by atoms with van der Waals surface area (Å²) in [6, 6.07) is 2.11. The minimum Gasteiger partial charge on any atom is -0.375 e. The van der Waals surface area contributed by atoms with Gasteiger partial charge in [0, 0.05) is 15.9 Å². The molecule has 0 radical (unpaired) electrons. The molecule has 18 heavy (non-hydrogen) atoms. The summed E-state index contributed by atoms with van der Waals surface area (Å²) in [6.07, 6.45) is 0.112. The fraction of sp³-hybridized carbons (Fsp3) is 0.583. The fourth-order valence-electron chi connectivity index (χ4n) is 1.89. The van der Waals surface area contributed by atoms with E-state index in [1.54, 1.807) is 11.3 Å². The summed E-state index contributed by atoms with van der Waals surface area (Å²) in [6.45, 7) is 5.82. The molecule has 4 nitrogen and oxygen atoms in total. The maximum absolute atomic E-state index is 12.1. The van der Waals surface area contributed by atoms with Crippen molar-refractivity contribution in [3.05, 3.63) is 20.8 Å². The summed E-state index contributed by atoms with van der Waals surface area (Å²) in [4.78, 5) is 15.1. The molecule has 0 saturated carbocycles. The van der Waals surface area contributed by atoms with Crippen molar-refractivity contribution in [1.82, 2.24) is 10.2 Å². The predicted molar refractivity (Wildman–Crippen MR) is 75.8 cm³/mol. The molecule has 2 rings (SSSR count). The lowest BCUT2D eigenvalue weighted by Gasteiger charge is -2.36. The van der Waals surface area contributed by atoms with Crippen molar-refractivity contribution in [2.24, 2.45) is 0 Å². The lowest BCUT2D eigenvalue weighted by atomic mass is 10.2. The van der Waals surface area contributed by atoms with Gasteiger partial charge in [0.25, 0.3) is 0 Å². The van der Waals surface area contributed by atoms with Crippen LogP contribution in [0.25, 0.3) is 0 Å². The highest BCUT2D eigenvalue weighted by atomic mass is 79.9. The van der Waals surface area contributed by atoms with Crippen LogP contribution < -0.4 is 5.32 Å². The Bertz CT molecular complexity index is 424. The Kier molecular flexibility index (Phi) is 4.64. The van der Waals surface area contributed by atoms with Gasteiger partial charge in [-0.15, -0.1) is 11.3 Å². The molecule has 1 aliphatic heterocycles. The summed E-state index contributed by atoms with van der Waals surface area (Å²) in [5.41, 5.74) is 0. The van der Waals surface area contributed by atoms with Gasteiger partial charge in [-0.2, -0.15) is 0 Å². The second kappa shape index (κ2) is 6.04. The molecule has 0 aliphatic carbocycles. The molecule has 1 aromatic heterocycles. The van der Waals surface area contributed by atoms with Gasteiger partial charge in [0.15, 0.2) is 0 Å². The number of nitrogens with zero attached hydrogens (tertiary/aromatic N) is 1. The first-order chi connectivity index (χ1) is 8.58. The molecule has 1 fully saturated rings. The maximum atomic E-state index is 12.1. The van der Waals surface area contributed by atoms with E-state index in [-0.39, 0.29) is 18.2 Å². The van der Waals surface area contributed by atoms with Crippen molar-refractivity contribution in [3.63, 3.8) is 0 Å². The van der Waals surface area contributed by atoms with Crippen molar-refractivity contribution >= 4 is 33.3 Å². The number of rotatable bonds is 2. The molecular formula is C12H17BrN2O2S. The van der Waals surface area contributed by atoms with Crippen LogP contribution in [-0.2, 0) is 11.3 Å². The summed E-state index contributed by atoms with van der Waals surface area (Å²) in [5.74, 6) is 0. The minimum atomic E-state index is -0.0158. The van der Waals surface area contributed by atoms with Crippen molar-refractivity contribution in [2.45, 2.75) is 32.5 Å². The summed E-state index contributed by atoms with van der Waals surface area (Å²) in [7, 11) is 0. The molecule has 2 heterocycles. The molecule has 1 saturated heterocycles. The molecule has 0 spiro atoms. The molecule has 1 N–H and O–H groups in total. The van der Waals surface area contributed by atoms with Gasteiger partial charge in [0.2, 0.25) is 0 Å². The molecule has 1 aromatic rings. The van der Waals surface area contributed by atoms with Crippen LogP contribution in [0.3, 0.4) is 0 Å². The molecule has 2 amide bonds. The quantitative estimate of drug-likeness (QED) is 0.904. The van der Waals surface area contributed by atoms with Gasteiger partial charge in [-0.3, -0.25) is 0 Å². The van der Waals surface area contributed by atoms with Crippen LogP contribution in [0, 0.1) is 0 Å². The van der Waals surface area contributed by atoms with Crippen molar-refractivity contribution in [2.75, 3.05) is 13.2 Å². The van der Waals surface area contributed by atoms with Gasteiger partial charge in [-0.05, 0) is 41.2 Å². The van der Waals surface area contributed by atoms with Gasteiger partial charge < -0.3 is 15.0 Å². The van der Waals surface area contributed by atoms with Gasteiger partial charge in [0.1, 0.15) is 0 Å². The van der Waals surface area contributed by atoms with Crippen LogP contribution in [0.15, 0.2) is 15.9 Å². The highest BCUT2D eigenvalue weighted by Crippen LogP contribution is 2.22. The fourth-order valence-corrected chi connectivity index (χ4v) is 3.33. The van der Waals surface area contributed by atoms with Crippen molar-refractivity contribution < 1.29 is 9.53 Å². The van der Waals surface area contributed by atoms with Crippen molar-refractivity contribution in [3.8, 4) is 0 Å². The molecule has 6 heteroatoms. The zero-order valence-electron chi connectivity index (χ0n) is 10.5. The van der Waals surface area contributed by atoms with Gasteiger partial charge >= 0.3 is 6.03 Å². The maximum Gasteiger partial charge on any atom is 0.318 e. The Morgan fingerprint density at radius 1 is 1.67 bits per heavy atom. The number of amides is 2. The number of ether oxygens (including phenoxy) is 1. The van der Waals surface area contributed by atoms with E-state index in [2.05, 4.69) is 21.2 Å². The average molecular weight is 333 g/mol. The Labute approximate surface area is 119 Å². The van der Waals surface area contributed by atoms with Gasteiger partial charge in [0.05, 0.1) is 25.3 Å². The first kappa shape index (κ1) is 13.8. The molecule has 0 bridgehead atoms. The van der Waals surface area contributed by atoms with E-state index in [4.69, 9.17) is 4.74 Å². The third kappa shape index (κ3) is 3.24. The minimum absolute atomic E-state index is 0.0158. The van der Waals surface area contributed by atoms with E-state index in [9.17, 15) is 4.79 Å². The SMILES string of the molecule is C[C@@H]1CO[C@@H](C)CN1C(=O)NCc1sccc1Br. The monoisotopic (exact) mass is 332 g/mol. The third-order valence-corrected chi connectivity index (χ3v) is 4.89. The van der Waals surface area contributed by atoms with E-state index >= 15 is 0 Å². The highest BCUT2D eigenvalue weighted by Gasteiger charge is 2.27. The summed E-state index contributed by atoms with van der Waals surface area (Å²) >= 11 is 5.09. The Morgan fingerprint density at radius 3 is 3.11 bits per heavy atom. The van der Waals surface area contributed by atoms with Gasteiger partial charge in [-0.25, -0.2) is 4.79 Å². The van der Waals surface area contributed by atoms with Gasteiger partial charge in [-0.1, -0.05) is 0 Å². The average Bonchev–Trinajstić information content (AvgIpc) is 2.75. The van der Waals surface area contributed by atoms with Crippen LogP contribution in [-0.4, -0.2) is 36.2 Å². The zero-order chi connectivity index (χ0) is 13.1. The number of urea groups is 1. The first-order valence-electron chi connectivity index (χ1n) is 5.96. The van der Waals surface area contributed by atoms with Crippen molar-refractivity contribution in [1.29, 1.82) is 0 Å². The Morgan fingerprint density at radius 2 is 2.44 bits per heavy atom. The summed E-state index contributed by atoms with van der Waals surface area (Å²) in [5, 5.41) is 4.96. The van der Waals surface area contributed by atoms with E-state index in [0.29, 0.717) is 19.7 Å². The van der Waals surface area contributed by atoms with Crippen LogP contribution >= 0.6 is 27.3 Å². The standard InChI is InChI=1S/C12H17BrN2O2S/c1-8-7-17-9(2)6-15(8)12(16)14-5-11-10(13)3-4-18-11/h3-4,8-9H,5-7H2,1-2H3,(H,14,16)/t8-,9+/m1/s1. The number of carbonyl (C=O) groups excluding carboxylic acids is 1. The van der Waals surface area contributed by atoms with Crippen LogP contribution in [0.5, 0.6) is 0 Å². The van der Waals surface area contributed by atoms with E-state index in [0.717, 1.165) is 9.35 Å². The largest absolute Gasteiger partial charge is 0.375 e. The molecule has 2 atom stereocenters. The first-order valence-corrected chi connectivity index (χ1v) is 7.63. The molecule has 100 valence electrons. The van der Waals surface area contributed by atoms with Crippen LogP contribution in [0.1, 0.15) is 18.7 Å². The van der Waals surface area contributed by atoms with E-state index < -0.39 is 0 Å². The summed E-state index contributed by atoms with van der Waals surface area (Å²) < 4.78 is 6.56. The molecule has 0 aromatic carbocycles. The normalized spacial score (nSPS) is 24.1. The number of nitrogens with one attached hydrogen (secondary N) is 1. The zero-order valence-corrected chi connectivity index (χ0v) is 12.9. The molecular weight excluding hydrogens is 316 g/mol. The lowest BCUT2D eigenvalue weighted by Crippen LogP contribution is -2.53. The topological polar surface area (TPSA) is 41.6 Å². The second-order valence-electron chi connectivity index (χ2n) is 4.50.